The summed E-state index contributed by atoms with van der Waals surface area (Å²) >= 11 is 0. The molecule has 0 aromatic heterocycles. The van der Waals surface area contributed by atoms with Crippen molar-refractivity contribution in [2.75, 3.05) is 0 Å². The lowest BCUT2D eigenvalue weighted by Gasteiger charge is -2.19. The van der Waals surface area contributed by atoms with Gasteiger partial charge in [-0.05, 0) is 49.3 Å². The molecule has 3 nitrogen and oxygen atoms in total. The summed E-state index contributed by atoms with van der Waals surface area (Å²) in [6.07, 6.45) is 2.79. The Morgan fingerprint density at radius 2 is 1.52 bits per heavy atom. The molecule has 3 heteroatoms. The molecule has 0 amide bonds. The van der Waals surface area contributed by atoms with Crippen molar-refractivity contribution in [3.8, 4) is 6.07 Å². The van der Waals surface area contributed by atoms with E-state index in [0.717, 1.165) is 29.5 Å². The Morgan fingerprint density at radius 1 is 1.04 bits per heavy atom. The highest BCUT2D eigenvalue weighted by Crippen LogP contribution is 2.49. The summed E-state index contributed by atoms with van der Waals surface area (Å²) in [7, 11) is 0. The first-order valence-electron chi connectivity index (χ1n) is 8.61. The average Bonchev–Trinajstić information content (AvgIpc) is 3.07. The molecule has 3 rings (SSSR count). The van der Waals surface area contributed by atoms with Crippen molar-refractivity contribution in [2.24, 2.45) is 17.8 Å². The van der Waals surface area contributed by atoms with Crippen molar-refractivity contribution in [2.45, 2.75) is 52.4 Å². The molecule has 0 aliphatic heterocycles. The smallest absolute Gasteiger partial charge is 0.151 e. The number of rotatable bonds is 3. The second kappa shape index (κ2) is 5.92. The average molecular weight is 309 g/mol. The Hall–Kier alpha value is -1.95. The number of nitrogens with zero attached hydrogens (tertiary/aromatic N) is 1. The van der Waals surface area contributed by atoms with Gasteiger partial charge in [-0.25, -0.2) is 0 Å². The maximum absolute atomic E-state index is 13.0. The SMILES string of the molecule is CCc1cc(C)cc(CC)c1C1C(=O)C2CC(C#N)CC2C1=O. The van der Waals surface area contributed by atoms with E-state index < -0.39 is 5.92 Å². The van der Waals surface area contributed by atoms with Crippen LogP contribution in [0.2, 0.25) is 0 Å². The van der Waals surface area contributed by atoms with Crippen LogP contribution in [0.1, 0.15) is 54.9 Å². The molecule has 1 aromatic carbocycles. The maximum atomic E-state index is 13.0. The van der Waals surface area contributed by atoms with Gasteiger partial charge >= 0.3 is 0 Å². The van der Waals surface area contributed by atoms with E-state index in [-0.39, 0.29) is 29.3 Å². The minimum atomic E-state index is -0.588. The number of carbonyl (C=O) groups excluding carboxylic acids is 2. The summed E-state index contributed by atoms with van der Waals surface area (Å²) in [5.74, 6) is -1.05. The fourth-order valence-electron chi connectivity index (χ4n) is 4.53. The molecule has 2 fully saturated rings. The number of aryl methyl sites for hydroxylation is 3. The van der Waals surface area contributed by atoms with Gasteiger partial charge in [0.25, 0.3) is 0 Å². The van der Waals surface area contributed by atoms with Crippen LogP contribution in [-0.4, -0.2) is 11.6 Å². The van der Waals surface area contributed by atoms with E-state index in [1.165, 1.54) is 5.56 Å². The number of nitriles is 1. The number of benzene rings is 1. The van der Waals surface area contributed by atoms with Crippen LogP contribution in [0.3, 0.4) is 0 Å². The Morgan fingerprint density at radius 3 is 1.91 bits per heavy atom. The Balaban J connectivity index is 2.06. The van der Waals surface area contributed by atoms with Crippen LogP contribution in [0.5, 0.6) is 0 Å². The largest absolute Gasteiger partial charge is 0.298 e. The third-order valence-electron chi connectivity index (χ3n) is 5.59. The topological polar surface area (TPSA) is 57.9 Å². The molecule has 1 aromatic rings. The minimum Gasteiger partial charge on any atom is -0.298 e. The van der Waals surface area contributed by atoms with Crippen molar-refractivity contribution in [3.05, 3.63) is 34.4 Å². The Kier molecular flexibility index (Phi) is 4.10. The van der Waals surface area contributed by atoms with Crippen molar-refractivity contribution >= 4 is 11.6 Å². The van der Waals surface area contributed by atoms with Gasteiger partial charge in [0.15, 0.2) is 11.6 Å². The first-order chi connectivity index (χ1) is 11.0. The van der Waals surface area contributed by atoms with Gasteiger partial charge in [-0.15, -0.1) is 0 Å². The van der Waals surface area contributed by atoms with E-state index in [9.17, 15) is 9.59 Å². The van der Waals surface area contributed by atoms with Gasteiger partial charge in [0, 0.05) is 17.8 Å². The number of fused-ring (bicyclic) bond motifs is 1. The number of carbonyl (C=O) groups is 2. The molecule has 0 bridgehead atoms. The van der Waals surface area contributed by atoms with Gasteiger partial charge in [0.1, 0.15) is 5.92 Å². The summed E-state index contributed by atoms with van der Waals surface area (Å²) in [5, 5.41) is 9.10. The summed E-state index contributed by atoms with van der Waals surface area (Å²) in [4.78, 5) is 25.9. The molecule has 0 N–H and O–H groups in total. The highest BCUT2D eigenvalue weighted by atomic mass is 16.2. The summed E-state index contributed by atoms with van der Waals surface area (Å²) in [6, 6.07) is 6.46. The minimum absolute atomic E-state index is 0.0611. The monoisotopic (exact) mass is 309 g/mol. The molecule has 2 aliphatic carbocycles. The van der Waals surface area contributed by atoms with Crippen LogP contribution in [0.4, 0.5) is 0 Å². The van der Waals surface area contributed by atoms with Gasteiger partial charge in [0.2, 0.25) is 0 Å². The number of hydrogen-bond acceptors (Lipinski definition) is 3. The predicted molar refractivity (Wildman–Crippen MR) is 88.0 cm³/mol. The summed E-state index contributed by atoms with van der Waals surface area (Å²) in [5.41, 5.74) is 4.42. The molecule has 0 saturated heterocycles. The van der Waals surface area contributed by atoms with Crippen LogP contribution in [0.15, 0.2) is 12.1 Å². The predicted octanol–water partition coefficient (Wildman–Crippen LogP) is 3.52. The lowest BCUT2D eigenvalue weighted by molar-refractivity contribution is -0.125. The first-order valence-corrected chi connectivity index (χ1v) is 8.61. The highest BCUT2D eigenvalue weighted by molar-refractivity contribution is 6.16. The van der Waals surface area contributed by atoms with Crippen molar-refractivity contribution in [1.29, 1.82) is 5.26 Å². The van der Waals surface area contributed by atoms with E-state index in [2.05, 4.69) is 39.0 Å². The van der Waals surface area contributed by atoms with Gasteiger partial charge in [-0.2, -0.15) is 5.26 Å². The van der Waals surface area contributed by atoms with E-state index in [4.69, 9.17) is 5.26 Å². The van der Waals surface area contributed by atoms with Crippen molar-refractivity contribution < 1.29 is 9.59 Å². The van der Waals surface area contributed by atoms with E-state index >= 15 is 0 Å². The zero-order chi connectivity index (χ0) is 16.7. The van der Waals surface area contributed by atoms with Crippen molar-refractivity contribution in [3.63, 3.8) is 0 Å². The third-order valence-corrected chi connectivity index (χ3v) is 5.59. The van der Waals surface area contributed by atoms with Gasteiger partial charge in [-0.1, -0.05) is 31.5 Å². The Bertz CT molecular complexity index is 664. The molecule has 0 spiro atoms. The van der Waals surface area contributed by atoms with Crippen LogP contribution in [0.25, 0.3) is 0 Å². The Labute approximate surface area is 137 Å². The molecule has 2 saturated carbocycles. The van der Waals surface area contributed by atoms with Crippen LogP contribution >= 0.6 is 0 Å². The highest BCUT2D eigenvalue weighted by Gasteiger charge is 2.54. The molecular weight excluding hydrogens is 286 g/mol. The van der Waals surface area contributed by atoms with Crippen LogP contribution < -0.4 is 0 Å². The quantitative estimate of drug-likeness (QED) is 0.803. The zero-order valence-electron chi connectivity index (χ0n) is 14.1. The first kappa shape index (κ1) is 15.9. The molecule has 0 heterocycles. The molecule has 120 valence electrons. The second-order valence-corrected chi connectivity index (χ2v) is 6.95. The lowest BCUT2D eigenvalue weighted by Crippen LogP contribution is -2.20. The molecule has 2 unspecified atom stereocenters. The van der Waals surface area contributed by atoms with Crippen LogP contribution in [0, 0.1) is 36.0 Å². The van der Waals surface area contributed by atoms with Gasteiger partial charge in [0.05, 0.1) is 6.07 Å². The molecule has 2 aliphatic rings. The molecule has 2 atom stereocenters. The van der Waals surface area contributed by atoms with E-state index in [1.807, 2.05) is 0 Å². The fraction of sp³-hybridized carbons (Fsp3) is 0.550. The number of ketones is 2. The van der Waals surface area contributed by atoms with Gasteiger partial charge in [-0.3, -0.25) is 9.59 Å². The summed E-state index contributed by atoms with van der Waals surface area (Å²) in [6.45, 7) is 6.22. The molecule has 23 heavy (non-hydrogen) atoms. The summed E-state index contributed by atoms with van der Waals surface area (Å²) < 4.78 is 0. The normalized spacial score (nSPS) is 29.7. The van der Waals surface area contributed by atoms with E-state index in [1.54, 1.807) is 0 Å². The van der Waals surface area contributed by atoms with Gasteiger partial charge < -0.3 is 0 Å². The van der Waals surface area contributed by atoms with Crippen LogP contribution in [-0.2, 0) is 22.4 Å². The standard InChI is InChI=1S/C20H23NO2/c1-4-13-6-11(3)7-14(5-2)17(13)18-19(22)15-8-12(10-21)9-16(15)20(18)23/h6-7,12,15-16,18H,4-5,8-9H2,1-3H3. The van der Waals surface area contributed by atoms with Crippen molar-refractivity contribution in [1.82, 2.24) is 0 Å². The maximum Gasteiger partial charge on any atom is 0.151 e. The van der Waals surface area contributed by atoms with E-state index in [0.29, 0.717) is 12.8 Å². The number of Topliss-reactive ketones (excluding diaryl/α,β-unsaturated/α-hetero) is 2. The second-order valence-electron chi connectivity index (χ2n) is 6.95. The molecular formula is C20H23NO2. The lowest BCUT2D eigenvalue weighted by atomic mass is 9.82. The fourth-order valence-corrected chi connectivity index (χ4v) is 4.53. The number of hydrogen-bond donors (Lipinski definition) is 0. The zero-order valence-corrected chi connectivity index (χ0v) is 14.1. The third kappa shape index (κ3) is 2.41. The molecule has 0 radical (unpaired) electrons.